The number of non-ortho nitro benzene ring substituents is 2. The summed E-state index contributed by atoms with van der Waals surface area (Å²) in [6.07, 6.45) is 0.576. The summed E-state index contributed by atoms with van der Waals surface area (Å²) in [4.78, 5) is 56.6. The highest BCUT2D eigenvalue weighted by Crippen LogP contribution is 2.29. The zero-order valence-electron chi connectivity index (χ0n) is 14.8. The second-order valence-corrected chi connectivity index (χ2v) is 6.28. The Balaban J connectivity index is 1.76. The van der Waals surface area contributed by atoms with Crippen molar-refractivity contribution in [3.63, 3.8) is 0 Å². The van der Waals surface area contributed by atoms with Crippen molar-refractivity contribution in [2.24, 2.45) is 0 Å². The Morgan fingerprint density at radius 2 is 1.62 bits per heavy atom. The summed E-state index contributed by atoms with van der Waals surface area (Å²) in [6, 6.07) is 7.77. The molecular weight excluding hydrogens is 384 g/mol. The van der Waals surface area contributed by atoms with Crippen molar-refractivity contribution >= 4 is 29.1 Å². The zero-order chi connectivity index (χ0) is 21.1. The number of benzene rings is 2. The summed E-state index contributed by atoms with van der Waals surface area (Å²) >= 11 is 0. The van der Waals surface area contributed by atoms with Crippen LogP contribution < -0.4 is 10.6 Å². The monoisotopic (exact) mass is 398 g/mol. The van der Waals surface area contributed by atoms with E-state index in [0.717, 1.165) is 12.1 Å². The number of nitro groups is 2. The van der Waals surface area contributed by atoms with Crippen LogP contribution in [0.1, 0.15) is 45.2 Å². The van der Waals surface area contributed by atoms with E-state index in [2.05, 4.69) is 5.32 Å². The number of urea groups is 1. The maximum absolute atomic E-state index is 12.3. The third kappa shape index (κ3) is 4.24. The van der Waals surface area contributed by atoms with Gasteiger partial charge in [0.15, 0.2) is 5.78 Å². The molecule has 148 valence electrons. The summed E-state index contributed by atoms with van der Waals surface area (Å²) in [5, 5.41) is 26.4. The lowest BCUT2D eigenvalue weighted by Crippen LogP contribution is -2.42. The molecule has 0 aromatic heterocycles. The fourth-order valence-electron chi connectivity index (χ4n) is 3.08. The fourth-order valence-corrected chi connectivity index (χ4v) is 3.08. The Labute approximate surface area is 163 Å². The van der Waals surface area contributed by atoms with E-state index < -0.39 is 44.8 Å². The van der Waals surface area contributed by atoms with Gasteiger partial charge in [-0.25, -0.2) is 4.79 Å². The smallest absolute Gasteiger partial charge is 0.322 e. The fraction of sp³-hybridized carbons (Fsp3) is 0.167. The number of fused-ring (bicyclic) bond motifs is 1. The van der Waals surface area contributed by atoms with Gasteiger partial charge in [0.25, 0.3) is 17.3 Å². The van der Waals surface area contributed by atoms with Gasteiger partial charge in [0.05, 0.1) is 27.5 Å². The Kier molecular flexibility index (Phi) is 5.30. The minimum atomic E-state index is -1.03. The second-order valence-electron chi connectivity index (χ2n) is 6.28. The molecule has 1 unspecified atom stereocenters. The molecule has 0 heterocycles. The molecule has 29 heavy (non-hydrogen) atoms. The van der Waals surface area contributed by atoms with Crippen LogP contribution >= 0.6 is 0 Å². The Bertz CT molecular complexity index is 1020. The number of ketones is 1. The van der Waals surface area contributed by atoms with Crippen LogP contribution in [0.15, 0.2) is 42.5 Å². The van der Waals surface area contributed by atoms with E-state index in [9.17, 15) is 34.6 Å². The molecule has 0 saturated carbocycles. The summed E-state index contributed by atoms with van der Waals surface area (Å²) in [5.41, 5.74) is -0.587. The normalized spacial score (nSPS) is 15.2. The largest absolute Gasteiger partial charge is 0.331 e. The van der Waals surface area contributed by atoms with Gasteiger partial charge in [-0.15, -0.1) is 0 Å². The highest BCUT2D eigenvalue weighted by Gasteiger charge is 2.27. The number of amides is 3. The topological polar surface area (TPSA) is 162 Å². The predicted octanol–water partition coefficient (Wildman–Crippen LogP) is 2.66. The molecule has 0 bridgehead atoms. The molecular formula is C18H14N4O7. The van der Waals surface area contributed by atoms with Crippen LogP contribution in [0, 0.1) is 20.2 Å². The molecule has 2 aromatic carbocycles. The second kappa shape index (κ2) is 7.84. The standard InChI is InChI=1S/C18H14N4O7/c23-16-6-5-15(13-3-1-2-4-14(13)16)19-18(25)20-17(24)10-7-11(21(26)27)9-12(8-10)22(28)29/h1-4,7-9,15H,5-6H2,(H2,19,20,24,25). The van der Waals surface area contributed by atoms with Gasteiger partial charge >= 0.3 is 6.03 Å². The van der Waals surface area contributed by atoms with Crippen molar-refractivity contribution in [2.75, 3.05) is 0 Å². The molecule has 2 N–H and O–H groups in total. The number of rotatable bonds is 4. The summed E-state index contributed by atoms with van der Waals surface area (Å²) < 4.78 is 0. The molecule has 0 spiro atoms. The highest BCUT2D eigenvalue weighted by molar-refractivity contribution is 6.05. The average molecular weight is 398 g/mol. The van der Waals surface area contributed by atoms with Crippen LogP contribution in [-0.2, 0) is 0 Å². The quantitative estimate of drug-likeness (QED) is 0.591. The molecule has 3 rings (SSSR count). The summed E-state index contributed by atoms with van der Waals surface area (Å²) in [5.74, 6) is -1.08. The predicted molar refractivity (Wildman–Crippen MR) is 98.5 cm³/mol. The van der Waals surface area contributed by atoms with Crippen molar-refractivity contribution in [2.45, 2.75) is 18.9 Å². The number of Topliss-reactive ketones (excluding diaryl/α,β-unsaturated/α-hetero) is 1. The Hall–Kier alpha value is -4.15. The first-order valence-corrected chi connectivity index (χ1v) is 8.44. The zero-order valence-corrected chi connectivity index (χ0v) is 14.8. The van der Waals surface area contributed by atoms with Gasteiger partial charge < -0.3 is 5.32 Å². The van der Waals surface area contributed by atoms with Crippen LogP contribution in [0.25, 0.3) is 0 Å². The van der Waals surface area contributed by atoms with Gasteiger partial charge in [-0.1, -0.05) is 24.3 Å². The number of hydrogen-bond acceptors (Lipinski definition) is 7. The maximum atomic E-state index is 12.3. The van der Waals surface area contributed by atoms with Gasteiger partial charge in [0, 0.05) is 24.1 Å². The van der Waals surface area contributed by atoms with Crippen LogP contribution in [0.2, 0.25) is 0 Å². The van der Waals surface area contributed by atoms with Gasteiger partial charge in [-0.05, 0) is 12.0 Å². The molecule has 2 aromatic rings. The Morgan fingerprint density at radius 3 is 2.24 bits per heavy atom. The molecule has 1 atom stereocenters. The maximum Gasteiger partial charge on any atom is 0.322 e. The number of carbonyl (C=O) groups excluding carboxylic acids is 3. The van der Waals surface area contributed by atoms with E-state index in [1.807, 2.05) is 5.32 Å². The SMILES string of the molecule is O=C(NC(=O)c1cc([N+](=O)[O-])cc([N+](=O)[O-])c1)NC1CCC(=O)c2ccccc21. The molecule has 0 radical (unpaired) electrons. The molecule has 0 fully saturated rings. The van der Waals surface area contributed by atoms with Crippen molar-refractivity contribution < 1.29 is 24.2 Å². The Morgan fingerprint density at radius 1 is 1.00 bits per heavy atom. The number of nitrogens with one attached hydrogen (secondary N) is 2. The number of imide groups is 1. The van der Waals surface area contributed by atoms with Crippen LogP contribution in [-0.4, -0.2) is 27.6 Å². The lowest BCUT2D eigenvalue weighted by Gasteiger charge is -2.25. The van der Waals surface area contributed by atoms with Crippen molar-refractivity contribution in [3.05, 3.63) is 79.4 Å². The number of hydrogen-bond donors (Lipinski definition) is 2. The number of carbonyl (C=O) groups is 3. The van der Waals surface area contributed by atoms with E-state index in [0.29, 0.717) is 23.6 Å². The molecule has 11 heteroatoms. The minimum Gasteiger partial charge on any atom is -0.331 e. The van der Waals surface area contributed by atoms with Crippen LogP contribution in [0.4, 0.5) is 16.2 Å². The van der Waals surface area contributed by atoms with Crippen LogP contribution in [0.3, 0.4) is 0 Å². The van der Waals surface area contributed by atoms with Crippen molar-refractivity contribution in [1.82, 2.24) is 10.6 Å². The third-order valence-electron chi connectivity index (χ3n) is 4.42. The van der Waals surface area contributed by atoms with E-state index in [1.165, 1.54) is 0 Å². The molecule has 1 aliphatic carbocycles. The van der Waals surface area contributed by atoms with E-state index in [1.54, 1.807) is 24.3 Å². The number of nitrogens with zero attached hydrogens (tertiary/aromatic N) is 2. The van der Waals surface area contributed by atoms with E-state index >= 15 is 0 Å². The average Bonchev–Trinajstić information content (AvgIpc) is 2.69. The molecule has 11 nitrogen and oxygen atoms in total. The van der Waals surface area contributed by atoms with E-state index in [4.69, 9.17) is 0 Å². The van der Waals surface area contributed by atoms with Gasteiger partial charge in [-0.2, -0.15) is 0 Å². The molecule has 3 amide bonds. The third-order valence-corrected chi connectivity index (χ3v) is 4.42. The highest BCUT2D eigenvalue weighted by atomic mass is 16.6. The lowest BCUT2D eigenvalue weighted by molar-refractivity contribution is -0.394. The van der Waals surface area contributed by atoms with Gasteiger partial charge in [0.2, 0.25) is 0 Å². The van der Waals surface area contributed by atoms with Gasteiger partial charge in [-0.3, -0.25) is 35.1 Å². The summed E-state index contributed by atoms with van der Waals surface area (Å²) in [7, 11) is 0. The first kappa shape index (κ1) is 19.6. The van der Waals surface area contributed by atoms with E-state index in [-0.39, 0.29) is 12.2 Å². The first-order valence-electron chi connectivity index (χ1n) is 8.44. The number of nitro benzene ring substituents is 2. The van der Waals surface area contributed by atoms with Crippen molar-refractivity contribution in [1.29, 1.82) is 0 Å². The van der Waals surface area contributed by atoms with Crippen molar-refractivity contribution in [3.8, 4) is 0 Å². The first-order chi connectivity index (χ1) is 13.8. The van der Waals surface area contributed by atoms with Crippen LogP contribution in [0.5, 0.6) is 0 Å². The minimum absolute atomic E-state index is 0.0426. The van der Waals surface area contributed by atoms with Gasteiger partial charge in [0.1, 0.15) is 0 Å². The lowest BCUT2D eigenvalue weighted by atomic mass is 9.87. The summed E-state index contributed by atoms with van der Waals surface area (Å²) in [6.45, 7) is 0. The molecule has 0 saturated heterocycles. The molecule has 0 aliphatic heterocycles. The molecule has 1 aliphatic rings.